The third-order valence-corrected chi connectivity index (χ3v) is 4.24. The Labute approximate surface area is 144 Å². The predicted molar refractivity (Wildman–Crippen MR) is 92.2 cm³/mol. The maximum Gasteiger partial charge on any atom is 0.224 e. The molecule has 0 bridgehead atoms. The summed E-state index contributed by atoms with van der Waals surface area (Å²) in [6, 6.07) is 7.79. The molecule has 0 aliphatic carbocycles. The van der Waals surface area contributed by atoms with Gasteiger partial charge in [-0.05, 0) is 18.6 Å². The first-order valence-electron chi connectivity index (χ1n) is 8.45. The lowest BCUT2D eigenvalue weighted by Crippen LogP contribution is -2.51. The van der Waals surface area contributed by atoms with Crippen LogP contribution in [0.3, 0.4) is 0 Å². The fraction of sp³-hybridized carbons (Fsp3) is 0.611. The zero-order valence-corrected chi connectivity index (χ0v) is 14.6. The van der Waals surface area contributed by atoms with Crippen molar-refractivity contribution in [2.45, 2.75) is 19.4 Å². The van der Waals surface area contributed by atoms with Gasteiger partial charge in [0.1, 0.15) is 18.5 Å². The second kappa shape index (κ2) is 9.61. The van der Waals surface area contributed by atoms with Crippen LogP contribution in [-0.4, -0.2) is 80.0 Å². The quantitative estimate of drug-likeness (QED) is 0.765. The Morgan fingerprint density at radius 1 is 1.25 bits per heavy atom. The van der Waals surface area contributed by atoms with Crippen molar-refractivity contribution in [3.05, 3.63) is 29.8 Å². The van der Waals surface area contributed by atoms with Crippen molar-refractivity contribution in [1.82, 2.24) is 9.80 Å². The number of aliphatic hydroxyl groups is 1. The number of benzene rings is 1. The van der Waals surface area contributed by atoms with Gasteiger partial charge in [0.2, 0.25) is 5.91 Å². The number of hydrogen-bond donors (Lipinski definition) is 1. The summed E-state index contributed by atoms with van der Waals surface area (Å²) < 4.78 is 10.6. The first kappa shape index (κ1) is 18.7. The summed E-state index contributed by atoms with van der Waals surface area (Å²) in [5.41, 5.74) is 1.06. The Morgan fingerprint density at radius 2 is 1.96 bits per heavy atom. The minimum atomic E-state index is -0.541. The predicted octanol–water partition coefficient (Wildman–Crippen LogP) is 0.915. The smallest absolute Gasteiger partial charge is 0.224 e. The van der Waals surface area contributed by atoms with E-state index in [1.54, 1.807) is 7.11 Å². The molecule has 1 aliphatic heterocycles. The molecule has 1 amide bonds. The zero-order chi connectivity index (χ0) is 17.4. The number of aliphatic hydroxyl groups excluding tert-OH is 1. The highest BCUT2D eigenvalue weighted by Crippen LogP contribution is 2.16. The molecule has 6 nitrogen and oxygen atoms in total. The zero-order valence-electron chi connectivity index (χ0n) is 14.6. The number of para-hydroxylation sites is 1. The molecule has 1 heterocycles. The normalized spacial score (nSPS) is 16.9. The number of ether oxygens (including phenoxy) is 2. The molecule has 1 aromatic carbocycles. The van der Waals surface area contributed by atoms with Gasteiger partial charge < -0.3 is 19.5 Å². The molecule has 6 heteroatoms. The van der Waals surface area contributed by atoms with Gasteiger partial charge in [0.05, 0.1) is 13.0 Å². The van der Waals surface area contributed by atoms with Crippen LogP contribution in [0.15, 0.2) is 24.3 Å². The second-order valence-corrected chi connectivity index (χ2v) is 6.15. The Balaban J connectivity index is 1.68. The molecule has 1 atom stereocenters. The van der Waals surface area contributed by atoms with E-state index in [9.17, 15) is 9.90 Å². The maximum absolute atomic E-state index is 11.9. The van der Waals surface area contributed by atoms with E-state index in [1.807, 2.05) is 36.1 Å². The highest BCUT2D eigenvalue weighted by Gasteiger charge is 2.22. The fourth-order valence-electron chi connectivity index (χ4n) is 2.78. The van der Waals surface area contributed by atoms with Crippen LogP contribution in [0, 0.1) is 6.92 Å². The summed E-state index contributed by atoms with van der Waals surface area (Å²) in [6.07, 6.45) is -0.107. The lowest BCUT2D eigenvalue weighted by molar-refractivity contribution is -0.134. The molecule has 1 aromatic rings. The molecule has 24 heavy (non-hydrogen) atoms. The Bertz CT molecular complexity index is 515. The minimum Gasteiger partial charge on any atom is -0.491 e. The SMILES string of the molecule is COCCC(=O)N1CCN(C[C@H](O)COc2ccccc2C)CC1. The molecule has 0 spiro atoms. The van der Waals surface area contributed by atoms with Gasteiger partial charge in [-0.1, -0.05) is 18.2 Å². The number of methoxy groups -OCH3 is 1. The lowest BCUT2D eigenvalue weighted by atomic mass is 10.2. The standard InChI is InChI=1S/C18H28N2O4/c1-15-5-3-4-6-17(15)24-14-16(21)13-19-8-10-20(11-9-19)18(22)7-12-23-2/h3-6,16,21H,7-14H2,1-2H3/t16-/m0/s1. The van der Waals surface area contributed by atoms with Crippen molar-refractivity contribution >= 4 is 5.91 Å². The van der Waals surface area contributed by atoms with Crippen LogP contribution in [0.2, 0.25) is 0 Å². The van der Waals surface area contributed by atoms with Crippen LogP contribution in [0.5, 0.6) is 5.75 Å². The summed E-state index contributed by atoms with van der Waals surface area (Å²) in [6.45, 7) is 6.25. The van der Waals surface area contributed by atoms with Gasteiger partial charge in [0, 0.05) is 39.8 Å². The number of carbonyl (C=O) groups excluding carboxylic acids is 1. The summed E-state index contributed by atoms with van der Waals surface area (Å²) >= 11 is 0. The number of nitrogens with zero attached hydrogens (tertiary/aromatic N) is 2. The summed E-state index contributed by atoms with van der Waals surface area (Å²) in [5, 5.41) is 10.2. The van der Waals surface area contributed by atoms with Crippen LogP contribution in [0.4, 0.5) is 0 Å². The number of carbonyl (C=O) groups is 1. The molecular formula is C18H28N2O4. The molecule has 134 valence electrons. The molecule has 0 radical (unpaired) electrons. The van der Waals surface area contributed by atoms with E-state index in [0.717, 1.165) is 24.4 Å². The third kappa shape index (κ3) is 5.78. The number of aryl methyl sites for hydroxylation is 1. The van der Waals surface area contributed by atoms with Crippen molar-refractivity contribution in [2.75, 3.05) is 53.0 Å². The van der Waals surface area contributed by atoms with E-state index in [2.05, 4.69) is 4.90 Å². The maximum atomic E-state index is 11.9. The average Bonchev–Trinajstić information content (AvgIpc) is 2.59. The Hall–Kier alpha value is -1.63. The molecule has 1 fully saturated rings. The van der Waals surface area contributed by atoms with E-state index >= 15 is 0 Å². The monoisotopic (exact) mass is 336 g/mol. The molecule has 1 aliphatic rings. The number of amides is 1. The van der Waals surface area contributed by atoms with Gasteiger partial charge in [0.25, 0.3) is 0 Å². The number of piperazine rings is 1. The van der Waals surface area contributed by atoms with Gasteiger partial charge in [-0.2, -0.15) is 0 Å². The van der Waals surface area contributed by atoms with Gasteiger partial charge in [-0.25, -0.2) is 0 Å². The van der Waals surface area contributed by atoms with E-state index < -0.39 is 6.10 Å². The molecular weight excluding hydrogens is 308 g/mol. The highest BCUT2D eigenvalue weighted by atomic mass is 16.5. The second-order valence-electron chi connectivity index (χ2n) is 6.15. The first-order valence-corrected chi connectivity index (χ1v) is 8.45. The largest absolute Gasteiger partial charge is 0.491 e. The van der Waals surface area contributed by atoms with Gasteiger partial charge in [-0.3, -0.25) is 9.69 Å². The van der Waals surface area contributed by atoms with E-state index in [4.69, 9.17) is 9.47 Å². The Kier molecular flexibility index (Phi) is 7.49. The molecule has 0 unspecified atom stereocenters. The lowest BCUT2D eigenvalue weighted by Gasteiger charge is -2.35. The third-order valence-electron chi connectivity index (χ3n) is 4.24. The van der Waals surface area contributed by atoms with Gasteiger partial charge in [0.15, 0.2) is 0 Å². The summed E-state index contributed by atoms with van der Waals surface area (Å²) in [7, 11) is 1.60. The van der Waals surface area contributed by atoms with Gasteiger partial charge >= 0.3 is 0 Å². The fourth-order valence-corrected chi connectivity index (χ4v) is 2.78. The number of hydrogen-bond acceptors (Lipinski definition) is 5. The highest BCUT2D eigenvalue weighted by molar-refractivity contribution is 5.76. The Morgan fingerprint density at radius 3 is 2.62 bits per heavy atom. The topological polar surface area (TPSA) is 62.2 Å². The van der Waals surface area contributed by atoms with Crippen molar-refractivity contribution in [2.24, 2.45) is 0 Å². The number of rotatable bonds is 8. The van der Waals surface area contributed by atoms with Crippen molar-refractivity contribution < 1.29 is 19.4 Å². The average molecular weight is 336 g/mol. The molecule has 1 N–H and O–H groups in total. The summed E-state index contributed by atoms with van der Waals surface area (Å²) in [5.74, 6) is 0.949. The molecule has 1 saturated heterocycles. The minimum absolute atomic E-state index is 0.139. The van der Waals surface area contributed by atoms with Crippen LogP contribution in [-0.2, 0) is 9.53 Å². The van der Waals surface area contributed by atoms with Gasteiger partial charge in [-0.15, -0.1) is 0 Å². The number of β-amino-alcohol motifs (C(OH)–C–C–N with tert-alkyl or cyclic N) is 1. The van der Waals surface area contributed by atoms with Crippen molar-refractivity contribution in [1.29, 1.82) is 0 Å². The van der Waals surface area contributed by atoms with Crippen LogP contribution < -0.4 is 4.74 Å². The molecule has 2 rings (SSSR count). The van der Waals surface area contributed by atoms with E-state index in [-0.39, 0.29) is 12.5 Å². The van der Waals surface area contributed by atoms with Crippen LogP contribution in [0.1, 0.15) is 12.0 Å². The molecule has 0 aromatic heterocycles. The van der Waals surface area contributed by atoms with E-state index in [1.165, 1.54) is 0 Å². The van der Waals surface area contributed by atoms with E-state index in [0.29, 0.717) is 32.7 Å². The molecule has 0 saturated carbocycles. The van der Waals surface area contributed by atoms with Crippen molar-refractivity contribution in [3.8, 4) is 5.75 Å². The summed E-state index contributed by atoms with van der Waals surface area (Å²) in [4.78, 5) is 16.0. The van der Waals surface area contributed by atoms with Crippen molar-refractivity contribution in [3.63, 3.8) is 0 Å². The van der Waals surface area contributed by atoms with Crippen LogP contribution >= 0.6 is 0 Å². The first-order chi connectivity index (χ1) is 11.6. The van der Waals surface area contributed by atoms with Crippen LogP contribution in [0.25, 0.3) is 0 Å².